The lowest BCUT2D eigenvalue weighted by Crippen LogP contribution is -2.15. The molecule has 1 amide bonds. The van der Waals surface area contributed by atoms with Crippen LogP contribution in [-0.2, 0) is 11.2 Å². The van der Waals surface area contributed by atoms with E-state index in [2.05, 4.69) is 18.3 Å². The predicted molar refractivity (Wildman–Crippen MR) is 116 cm³/mol. The van der Waals surface area contributed by atoms with Gasteiger partial charge in [-0.25, -0.2) is 4.98 Å². The second-order valence-corrected chi connectivity index (χ2v) is 7.57. The van der Waals surface area contributed by atoms with Crippen LogP contribution in [0.5, 0.6) is 23.0 Å². The topological polar surface area (TPSA) is 78.9 Å². The summed E-state index contributed by atoms with van der Waals surface area (Å²) in [6, 6.07) is 11.2. The highest BCUT2D eigenvalue weighted by Gasteiger charge is 2.17. The van der Waals surface area contributed by atoms with E-state index in [0.29, 0.717) is 22.9 Å². The molecule has 3 aromatic rings. The molecule has 0 aliphatic carbocycles. The molecule has 4 rings (SSSR count). The second-order valence-electron chi connectivity index (χ2n) is 6.61. The number of nitrogens with zero attached hydrogens (tertiary/aromatic N) is 1. The van der Waals surface area contributed by atoms with Crippen LogP contribution >= 0.6 is 11.8 Å². The van der Waals surface area contributed by atoms with Gasteiger partial charge in [0.2, 0.25) is 12.7 Å². The normalized spacial score (nSPS) is 12.1. The van der Waals surface area contributed by atoms with E-state index in [9.17, 15) is 4.79 Å². The van der Waals surface area contributed by atoms with Gasteiger partial charge in [-0.05, 0) is 36.2 Å². The fourth-order valence-corrected chi connectivity index (χ4v) is 4.09. The molecule has 1 N–H and O–H groups in total. The van der Waals surface area contributed by atoms with E-state index in [1.807, 2.05) is 12.1 Å². The number of pyridine rings is 1. The number of aryl methyl sites for hydroxylation is 1. The summed E-state index contributed by atoms with van der Waals surface area (Å²) in [6.45, 7) is 2.29. The Labute approximate surface area is 178 Å². The van der Waals surface area contributed by atoms with Gasteiger partial charge in [0.1, 0.15) is 16.5 Å². The SMILES string of the molecule is CCc1cc2cc3c(cc2nc1SCC(=O)Nc1cc(OC)ccc1OC)OCO3. The van der Waals surface area contributed by atoms with Gasteiger partial charge in [-0.2, -0.15) is 0 Å². The Morgan fingerprint density at radius 1 is 1.13 bits per heavy atom. The van der Waals surface area contributed by atoms with Crippen molar-refractivity contribution in [2.45, 2.75) is 18.4 Å². The number of nitrogens with one attached hydrogen (secondary N) is 1. The minimum absolute atomic E-state index is 0.152. The summed E-state index contributed by atoms with van der Waals surface area (Å²) in [5, 5.41) is 4.71. The van der Waals surface area contributed by atoms with Crippen molar-refractivity contribution < 1.29 is 23.7 Å². The third kappa shape index (κ3) is 4.09. The van der Waals surface area contributed by atoms with Gasteiger partial charge in [0.05, 0.1) is 31.2 Å². The fourth-order valence-electron chi connectivity index (χ4n) is 3.20. The Morgan fingerprint density at radius 3 is 2.67 bits per heavy atom. The molecule has 8 heteroatoms. The zero-order chi connectivity index (χ0) is 21.1. The van der Waals surface area contributed by atoms with Crippen LogP contribution in [0.4, 0.5) is 5.69 Å². The molecule has 0 spiro atoms. The van der Waals surface area contributed by atoms with Gasteiger partial charge in [-0.15, -0.1) is 0 Å². The van der Waals surface area contributed by atoms with Crippen LogP contribution in [0, 0.1) is 0 Å². The Hall–Kier alpha value is -3.13. The lowest BCUT2D eigenvalue weighted by Gasteiger charge is -2.12. The standard InChI is InChI=1S/C22H22N2O5S/c1-4-13-7-14-8-19-20(29-12-28-19)10-16(14)24-22(13)30-11-21(25)23-17-9-15(26-2)5-6-18(17)27-3/h5-10H,4,11-12H2,1-3H3,(H,23,25). The number of benzene rings is 2. The third-order valence-corrected chi connectivity index (χ3v) is 5.78. The lowest BCUT2D eigenvalue weighted by molar-refractivity contribution is -0.113. The zero-order valence-electron chi connectivity index (χ0n) is 17.0. The van der Waals surface area contributed by atoms with Gasteiger partial charge >= 0.3 is 0 Å². The van der Waals surface area contributed by atoms with E-state index in [1.54, 1.807) is 32.4 Å². The third-order valence-electron chi connectivity index (χ3n) is 4.75. The van der Waals surface area contributed by atoms with E-state index in [1.165, 1.54) is 11.8 Å². The van der Waals surface area contributed by atoms with Crippen LogP contribution < -0.4 is 24.3 Å². The molecular formula is C22H22N2O5S. The molecule has 0 radical (unpaired) electrons. The van der Waals surface area contributed by atoms with Crippen molar-refractivity contribution in [1.82, 2.24) is 4.98 Å². The molecule has 0 saturated heterocycles. The summed E-state index contributed by atoms with van der Waals surface area (Å²) in [5.41, 5.74) is 2.46. The number of hydrogen-bond donors (Lipinski definition) is 1. The van der Waals surface area contributed by atoms with Gasteiger partial charge in [0.15, 0.2) is 11.5 Å². The average molecular weight is 426 g/mol. The van der Waals surface area contributed by atoms with Gasteiger partial charge < -0.3 is 24.3 Å². The summed E-state index contributed by atoms with van der Waals surface area (Å²) < 4.78 is 21.5. The number of rotatable bonds is 7. The van der Waals surface area contributed by atoms with Crippen molar-refractivity contribution in [1.29, 1.82) is 0 Å². The maximum atomic E-state index is 12.6. The van der Waals surface area contributed by atoms with Crippen LogP contribution in [0.15, 0.2) is 41.4 Å². The number of thioether (sulfide) groups is 1. The molecule has 0 bridgehead atoms. The molecule has 1 aromatic heterocycles. The number of aromatic nitrogens is 1. The smallest absolute Gasteiger partial charge is 0.234 e. The van der Waals surface area contributed by atoms with E-state index in [0.717, 1.165) is 33.7 Å². The largest absolute Gasteiger partial charge is 0.497 e. The van der Waals surface area contributed by atoms with Gasteiger partial charge in [0.25, 0.3) is 0 Å². The Kier molecular flexibility index (Phi) is 5.85. The van der Waals surface area contributed by atoms with Crippen LogP contribution in [0.1, 0.15) is 12.5 Å². The number of carbonyl (C=O) groups is 1. The van der Waals surface area contributed by atoms with Gasteiger partial charge in [0, 0.05) is 17.5 Å². The Bertz CT molecular complexity index is 1100. The molecule has 1 aliphatic heterocycles. The van der Waals surface area contributed by atoms with E-state index >= 15 is 0 Å². The van der Waals surface area contributed by atoms with Crippen molar-refractivity contribution in [3.05, 3.63) is 42.0 Å². The first kappa shape index (κ1) is 20.2. The first-order valence-electron chi connectivity index (χ1n) is 9.49. The van der Waals surface area contributed by atoms with E-state index in [4.69, 9.17) is 23.9 Å². The van der Waals surface area contributed by atoms with Gasteiger partial charge in [-0.3, -0.25) is 4.79 Å². The van der Waals surface area contributed by atoms with Crippen molar-refractivity contribution >= 4 is 34.3 Å². The number of ether oxygens (including phenoxy) is 4. The molecule has 0 fully saturated rings. The number of amides is 1. The molecule has 30 heavy (non-hydrogen) atoms. The summed E-state index contributed by atoms with van der Waals surface area (Å²) >= 11 is 1.40. The number of anilines is 1. The van der Waals surface area contributed by atoms with Crippen LogP contribution in [0.25, 0.3) is 10.9 Å². The summed E-state index contributed by atoms with van der Waals surface area (Å²) in [7, 11) is 3.14. The molecule has 2 aromatic carbocycles. The number of hydrogen-bond acceptors (Lipinski definition) is 7. The van der Waals surface area contributed by atoms with Gasteiger partial charge in [-0.1, -0.05) is 18.7 Å². The molecule has 0 unspecified atom stereocenters. The Balaban J connectivity index is 1.51. The lowest BCUT2D eigenvalue weighted by atomic mass is 10.1. The van der Waals surface area contributed by atoms with Crippen molar-refractivity contribution in [3.63, 3.8) is 0 Å². The summed E-state index contributed by atoms with van der Waals surface area (Å²) in [5.74, 6) is 2.71. The van der Waals surface area contributed by atoms with E-state index < -0.39 is 0 Å². The molecular weight excluding hydrogens is 404 g/mol. The van der Waals surface area contributed by atoms with Crippen LogP contribution in [0.2, 0.25) is 0 Å². The monoisotopic (exact) mass is 426 g/mol. The fraction of sp³-hybridized carbons (Fsp3) is 0.273. The first-order valence-corrected chi connectivity index (χ1v) is 10.5. The minimum atomic E-state index is -0.152. The van der Waals surface area contributed by atoms with Crippen molar-refractivity contribution in [3.8, 4) is 23.0 Å². The highest BCUT2D eigenvalue weighted by molar-refractivity contribution is 8.00. The average Bonchev–Trinajstić information content (AvgIpc) is 3.22. The maximum Gasteiger partial charge on any atom is 0.234 e. The number of carbonyl (C=O) groups excluding carboxylic acids is 1. The first-order chi connectivity index (χ1) is 14.6. The maximum absolute atomic E-state index is 12.6. The van der Waals surface area contributed by atoms with E-state index in [-0.39, 0.29) is 18.5 Å². The highest BCUT2D eigenvalue weighted by atomic mass is 32.2. The molecule has 2 heterocycles. The summed E-state index contributed by atoms with van der Waals surface area (Å²) in [6.07, 6.45) is 0.811. The number of fused-ring (bicyclic) bond motifs is 2. The van der Waals surface area contributed by atoms with Crippen LogP contribution in [0.3, 0.4) is 0 Å². The minimum Gasteiger partial charge on any atom is -0.497 e. The van der Waals surface area contributed by atoms with Crippen molar-refractivity contribution in [2.75, 3.05) is 32.1 Å². The predicted octanol–water partition coefficient (Wildman–Crippen LogP) is 4.27. The molecule has 1 aliphatic rings. The molecule has 0 saturated carbocycles. The zero-order valence-corrected chi connectivity index (χ0v) is 17.8. The summed E-state index contributed by atoms with van der Waals surface area (Å²) in [4.78, 5) is 17.3. The molecule has 156 valence electrons. The number of methoxy groups -OCH3 is 2. The Morgan fingerprint density at radius 2 is 1.93 bits per heavy atom. The highest BCUT2D eigenvalue weighted by Crippen LogP contribution is 2.37. The second kappa shape index (κ2) is 8.71. The molecule has 0 atom stereocenters. The van der Waals surface area contributed by atoms with Crippen molar-refractivity contribution in [2.24, 2.45) is 0 Å². The van der Waals surface area contributed by atoms with Crippen LogP contribution in [-0.4, -0.2) is 37.7 Å². The molecule has 7 nitrogen and oxygen atoms in total. The quantitative estimate of drug-likeness (QED) is 0.565.